The molecule has 0 radical (unpaired) electrons. The third-order valence-electron chi connectivity index (χ3n) is 5.04. The van der Waals surface area contributed by atoms with Crippen molar-refractivity contribution in [3.05, 3.63) is 82.7 Å². The van der Waals surface area contributed by atoms with E-state index in [9.17, 15) is 0 Å². The molecule has 0 saturated carbocycles. The largest absolute Gasteiger partial charge is 0.497 e. The molecule has 0 atom stereocenters. The first kappa shape index (κ1) is 21.4. The van der Waals surface area contributed by atoms with Gasteiger partial charge in [-0.2, -0.15) is 5.10 Å². The molecule has 0 saturated heterocycles. The van der Waals surface area contributed by atoms with E-state index < -0.39 is 0 Å². The monoisotopic (exact) mass is 405 g/mol. The number of nitrogens with one attached hydrogen (secondary N) is 2. The molecule has 2 N–H and O–H groups in total. The van der Waals surface area contributed by atoms with Crippen LogP contribution in [0.2, 0.25) is 0 Å². The van der Waals surface area contributed by atoms with Crippen LogP contribution in [0.1, 0.15) is 35.0 Å². The molecule has 6 heteroatoms. The van der Waals surface area contributed by atoms with E-state index in [-0.39, 0.29) is 0 Å². The third kappa shape index (κ3) is 5.63. The molecule has 0 aliphatic carbocycles. The van der Waals surface area contributed by atoms with Gasteiger partial charge < -0.3 is 15.4 Å². The zero-order chi connectivity index (χ0) is 21.3. The van der Waals surface area contributed by atoms with Gasteiger partial charge in [-0.15, -0.1) is 0 Å². The van der Waals surface area contributed by atoms with Crippen molar-refractivity contribution in [1.82, 2.24) is 20.4 Å². The van der Waals surface area contributed by atoms with Gasteiger partial charge in [0.15, 0.2) is 5.96 Å². The summed E-state index contributed by atoms with van der Waals surface area (Å²) >= 11 is 0. The Bertz CT molecular complexity index is 979. The summed E-state index contributed by atoms with van der Waals surface area (Å²) in [6.45, 7) is 9.09. The van der Waals surface area contributed by atoms with E-state index in [1.54, 1.807) is 7.11 Å². The maximum atomic E-state index is 5.30. The predicted octanol–water partition coefficient (Wildman–Crippen LogP) is 3.81. The van der Waals surface area contributed by atoms with Gasteiger partial charge in [-0.05, 0) is 44.0 Å². The maximum absolute atomic E-state index is 5.30. The number of benzene rings is 2. The van der Waals surface area contributed by atoms with Crippen LogP contribution in [0, 0.1) is 13.8 Å². The Morgan fingerprint density at radius 2 is 1.80 bits per heavy atom. The van der Waals surface area contributed by atoms with Gasteiger partial charge in [0.2, 0.25) is 0 Å². The molecule has 0 spiro atoms. The van der Waals surface area contributed by atoms with Crippen LogP contribution >= 0.6 is 0 Å². The highest BCUT2D eigenvalue weighted by Crippen LogP contribution is 2.15. The fourth-order valence-corrected chi connectivity index (χ4v) is 3.36. The van der Waals surface area contributed by atoms with Crippen molar-refractivity contribution < 1.29 is 4.74 Å². The number of aryl methyl sites for hydroxylation is 1. The fourth-order valence-electron chi connectivity index (χ4n) is 3.36. The van der Waals surface area contributed by atoms with Gasteiger partial charge >= 0.3 is 0 Å². The number of nitrogens with zero attached hydrogens (tertiary/aromatic N) is 3. The van der Waals surface area contributed by atoms with Crippen LogP contribution in [0.3, 0.4) is 0 Å². The van der Waals surface area contributed by atoms with Gasteiger partial charge in [-0.25, -0.2) is 4.99 Å². The van der Waals surface area contributed by atoms with Crippen molar-refractivity contribution in [3.63, 3.8) is 0 Å². The van der Waals surface area contributed by atoms with Crippen molar-refractivity contribution in [2.75, 3.05) is 13.7 Å². The molecule has 158 valence electrons. The standard InChI is InChI=1S/C24H31N5O/c1-5-25-24(26-15-21-12-9-13-22(14-21)30-4)27-16-23-18(2)28-29(19(23)3)17-20-10-7-6-8-11-20/h6-14H,5,15-17H2,1-4H3,(H2,25,26,27). The molecule has 0 unspecified atom stereocenters. The van der Waals surface area contributed by atoms with Gasteiger partial charge in [-0.3, -0.25) is 4.68 Å². The second-order valence-electron chi connectivity index (χ2n) is 7.19. The van der Waals surface area contributed by atoms with E-state index in [0.717, 1.165) is 36.1 Å². The van der Waals surface area contributed by atoms with Gasteiger partial charge in [0.1, 0.15) is 5.75 Å². The highest BCUT2D eigenvalue weighted by atomic mass is 16.5. The lowest BCUT2D eigenvalue weighted by molar-refractivity contribution is 0.414. The zero-order valence-electron chi connectivity index (χ0n) is 18.3. The normalized spacial score (nSPS) is 11.4. The number of aliphatic imine (C=N–C) groups is 1. The van der Waals surface area contributed by atoms with Crippen LogP contribution in [0.4, 0.5) is 0 Å². The molecule has 0 amide bonds. The van der Waals surface area contributed by atoms with Crippen LogP contribution < -0.4 is 15.4 Å². The lowest BCUT2D eigenvalue weighted by Gasteiger charge is -2.12. The Kier molecular flexibility index (Phi) is 7.49. The molecule has 6 nitrogen and oxygen atoms in total. The summed E-state index contributed by atoms with van der Waals surface area (Å²) in [5.74, 6) is 1.63. The molecule has 1 heterocycles. The molecule has 3 rings (SSSR count). The Labute approximate surface area is 179 Å². The highest BCUT2D eigenvalue weighted by molar-refractivity contribution is 5.79. The summed E-state index contributed by atoms with van der Waals surface area (Å²) in [6, 6.07) is 18.4. The maximum Gasteiger partial charge on any atom is 0.191 e. The molecule has 0 aliphatic rings. The summed E-state index contributed by atoms with van der Waals surface area (Å²) in [5, 5.41) is 11.5. The van der Waals surface area contributed by atoms with Gasteiger partial charge in [0.25, 0.3) is 0 Å². The second kappa shape index (κ2) is 10.5. The lowest BCUT2D eigenvalue weighted by atomic mass is 10.2. The van der Waals surface area contributed by atoms with Crippen molar-refractivity contribution in [3.8, 4) is 5.75 Å². The second-order valence-corrected chi connectivity index (χ2v) is 7.19. The summed E-state index contributed by atoms with van der Waals surface area (Å²) in [5.41, 5.74) is 5.77. The molecular weight excluding hydrogens is 374 g/mol. The van der Waals surface area contributed by atoms with E-state index in [2.05, 4.69) is 66.4 Å². The van der Waals surface area contributed by atoms with Crippen molar-refractivity contribution in [2.24, 2.45) is 4.99 Å². The van der Waals surface area contributed by atoms with Crippen LogP contribution in [0.15, 0.2) is 59.6 Å². The Hall–Kier alpha value is -3.28. The molecule has 1 aromatic heterocycles. The fraction of sp³-hybridized carbons (Fsp3) is 0.333. The molecular formula is C24H31N5O. The van der Waals surface area contributed by atoms with E-state index >= 15 is 0 Å². The average molecular weight is 406 g/mol. The zero-order valence-corrected chi connectivity index (χ0v) is 18.3. The SMILES string of the molecule is CCNC(=NCc1cccc(OC)c1)NCc1c(C)nn(Cc2ccccc2)c1C. The Balaban J connectivity index is 1.68. The first-order valence-electron chi connectivity index (χ1n) is 10.3. The third-order valence-corrected chi connectivity index (χ3v) is 5.04. The number of rotatable bonds is 8. The minimum Gasteiger partial charge on any atom is -0.497 e. The minimum absolute atomic E-state index is 0.581. The number of aromatic nitrogens is 2. The summed E-state index contributed by atoms with van der Waals surface area (Å²) < 4.78 is 7.37. The molecule has 2 aromatic carbocycles. The van der Waals surface area contributed by atoms with Crippen molar-refractivity contribution >= 4 is 5.96 Å². The topological polar surface area (TPSA) is 63.5 Å². The molecule has 0 bridgehead atoms. The number of guanidine groups is 1. The van der Waals surface area contributed by atoms with Gasteiger partial charge in [0.05, 0.1) is 25.9 Å². The summed E-state index contributed by atoms with van der Waals surface area (Å²) in [6.07, 6.45) is 0. The quantitative estimate of drug-likeness (QED) is 0.442. The first-order chi connectivity index (χ1) is 14.6. The van der Waals surface area contributed by atoms with Crippen LogP contribution in [-0.2, 0) is 19.6 Å². The number of hydrogen-bond donors (Lipinski definition) is 2. The number of ether oxygens (including phenoxy) is 1. The Morgan fingerprint density at radius 3 is 2.53 bits per heavy atom. The predicted molar refractivity (Wildman–Crippen MR) is 122 cm³/mol. The van der Waals surface area contributed by atoms with E-state index in [4.69, 9.17) is 14.8 Å². The lowest BCUT2D eigenvalue weighted by Crippen LogP contribution is -2.37. The smallest absolute Gasteiger partial charge is 0.191 e. The van der Waals surface area contributed by atoms with Crippen LogP contribution in [0.25, 0.3) is 0 Å². The Morgan fingerprint density at radius 1 is 1.03 bits per heavy atom. The minimum atomic E-state index is 0.581. The van der Waals surface area contributed by atoms with Crippen LogP contribution in [-0.4, -0.2) is 29.4 Å². The van der Waals surface area contributed by atoms with Crippen molar-refractivity contribution in [2.45, 2.75) is 40.4 Å². The molecule has 30 heavy (non-hydrogen) atoms. The van der Waals surface area contributed by atoms with Gasteiger partial charge in [0, 0.05) is 24.3 Å². The van der Waals surface area contributed by atoms with E-state index in [0.29, 0.717) is 13.1 Å². The van der Waals surface area contributed by atoms with E-state index in [1.165, 1.54) is 16.8 Å². The summed E-state index contributed by atoms with van der Waals surface area (Å²) in [7, 11) is 1.68. The highest BCUT2D eigenvalue weighted by Gasteiger charge is 2.12. The van der Waals surface area contributed by atoms with Gasteiger partial charge in [-0.1, -0.05) is 42.5 Å². The molecule has 3 aromatic rings. The molecule has 0 aliphatic heterocycles. The first-order valence-corrected chi connectivity index (χ1v) is 10.3. The molecule has 0 fully saturated rings. The number of methoxy groups -OCH3 is 1. The van der Waals surface area contributed by atoms with E-state index in [1.807, 2.05) is 24.3 Å². The van der Waals surface area contributed by atoms with Crippen LogP contribution in [0.5, 0.6) is 5.75 Å². The average Bonchev–Trinajstić information content (AvgIpc) is 3.03. The number of hydrogen-bond acceptors (Lipinski definition) is 3. The summed E-state index contributed by atoms with van der Waals surface area (Å²) in [4.78, 5) is 4.72. The van der Waals surface area contributed by atoms with Crippen molar-refractivity contribution in [1.29, 1.82) is 0 Å².